The molecule has 2 amide bonds. The van der Waals surface area contributed by atoms with E-state index in [1.807, 2.05) is 44.2 Å². The molecule has 1 rings (SSSR count). The third-order valence-corrected chi connectivity index (χ3v) is 3.23. The molecule has 120 valence electrons. The summed E-state index contributed by atoms with van der Waals surface area (Å²) < 4.78 is 0. The highest BCUT2D eigenvalue weighted by Crippen LogP contribution is 2.01. The zero-order valence-corrected chi connectivity index (χ0v) is 13.2. The first-order chi connectivity index (χ1) is 10.4. The number of aliphatic hydroxyl groups excluding tert-OH is 1. The fourth-order valence-electron chi connectivity index (χ4n) is 1.66. The minimum atomic E-state index is -0.660. The topological polar surface area (TPSA) is 78.4 Å². The SMILES string of the molecule is CC(NC(=O)/C=C/c1ccccc1)C(=O)NCC(O)C(C)C. The van der Waals surface area contributed by atoms with Crippen LogP contribution in [0.3, 0.4) is 0 Å². The van der Waals surface area contributed by atoms with Crippen LogP contribution in [0.2, 0.25) is 0 Å². The Kier molecular flexibility index (Phi) is 7.32. The number of aliphatic hydroxyl groups is 1. The molecule has 0 saturated heterocycles. The number of amides is 2. The second-order valence-corrected chi connectivity index (χ2v) is 5.53. The molecule has 0 aliphatic carbocycles. The predicted octanol–water partition coefficient (Wildman–Crippen LogP) is 1.34. The Morgan fingerprint density at radius 1 is 1.18 bits per heavy atom. The Morgan fingerprint density at radius 3 is 2.41 bits per heavy atom. The summed E-state index contributed by atoms with van der Waals surface area (Å²) in [6.45, 7) is 5.52. The summed E-state index contributed by atoms with van der Waals surface area (Å²) >= 11 is 0. The monoisotopic (exact) mass is 304 g/mol. The largest absolute Gasteiger partial charge is 0.391 e. The number of carbonyl (C=O) groups is 2. The van der Waals surface area contributed by atoms with Gasteiger partial charge in [-0.3, -0.25) is 9.59 Å². The van der Waals surface area contributed by atoms with Gasteiger partial charge in [0.05, 0.1) is 6.10 Å². The van der Waals surface area contributed by atoms with E-state index in [-0.39, 0.29) is 24.3 Å². The molecule has 0 fully saturated rings. The molecule has 0 heterocycles. The fourth-order valence-corrected chi connectivity index (χ4v) is 1.66. The van der Waals surface area contributed by atoms with Crippen molar-refractivity contribution in [2.75, 3.05) is 6.54 Å². The molecular weight excluding hydrogens is 280 g/mol. The normalized spacial score (nSPS) is 13.9. The maximum absolute atomic E-state index is 11.8. The van der Waals surface area contributed by atoms with Gasteiger partial charge in [0.1, 0.15) is 6.04 Å². The van der Waals surface area contributed by atoms with E-state index >= 15 is 0 Å². The molecule has 1 aromatic carbocycles. The Hall–Kier alpha value is -2.14. The second kappa shape index (κ2) is 9.00. The van der Waals surface area contributed by atoms with Crippen LogP contribution in [0.1, 0.15) is 26.3 Å². The van der Waals surface area contributed by atoms with Crippen LogP contribution in [0.15, 0.2) is 36.4 Å². The Labute approximate surface area is 131 Å². The van der Waals surface area contributed by atoms with Gasteiger partial charge in [-0.1, -0.05) is 44.2 Å². The average molecular weight is 304 g/mol. The second-order valence-electron chi connectivity index (χ2n) is 5.53. The van der Waals surface area contributed by atoms with Crippen molar-refractivity contribution >= 4 is 17.9 Å². The van der Waals surface area contributed by atoms with E-state index in [1.54, 1.807) is 13.0 Å². The molecule has 22 heavy (non-hydrogen) atoms. The van der Waals surface area contributed by atoms with Crippen LogP contribution < -0.4 is 10.6 Å². The van der Waals surface area contributed by atoms with E-state index in [1.165, 1.54) is 6.08 Å². The van der Waals surface area contributed by atoms with E-state index in [9.17, 15) is 14.7 Å². The maximum atomic E-state index is 11.8. The molecule has 2 unspecified atom stereocenters. The molecule has 0 bridgehead atoms. The third-order valence-electron chi connectivity index (χ3n) is 3.23. The van der Waals surface area contributed by atoms with Crippen molar-refractivity contribution < 1.29 is 14.7 Å². The molecular formula is C17H24N2O3. The molecule has 5 heteroatoms. The van der Waals surface area contributed by atoms with Crippen molar-refractivity contribution in [3.63, 3.8) is 0 Å². The number of rotatable bonds is 7. The van der Waals surface area contributed by atoms with Crippen LogP contribution >= 0.6 is 0 Å². The highest BCUT2D eigenvalue weighted by Gasteiger charge is 2.16. The maximum Gasteiger partial charge on any atom is 0.244 e. The van der Waals surface area contributed by atoms with Gasteiger partial charge in [-0.05, 0) is 24.5 Å². The van der Waals surface area contributed by atoms with Crippen molar-refractivity contribution in [3.05, 3.63) is 42.0 Å². The van der Waals surface area contributed by atoms with Gasteiger partial charge < -0.3 is 15.7 Å². The summed E-state index contributed by atoms with van der Waals surface area (Å²) in [7, 11) is 0. The van der Waals surface area contributed by atoms with E-state index < -0.39 is 12.1 Å². The first-order valence-electron chi connectivity index (χ1n) is 7.39. The van der Waals surface area contributed by atoms with Gasteiger partial charge in [0.25, 0.3) is 0 Å². The number of hydrogen-bond acceptors (Lipinski definition) is 3. The smallest absolute Gasteiger partial charge is 0.244 e. The van der Waals surface area contributed by atoms with Crippen LogP contribution in [-0.2, 0) is 9.59 Å². The van der Waals surface area contributed by atoms with Gasteiger partial charge in [0, 0.05) is 12.6 Å². The van der Waals surface area contributed by atoms with Crippen molar-refractivity contribution in [2.24, 2.45) is 5.92 Å². The van der Waals surface area contributed by atoms with Gasteiger partial charge in [0.15, 0.2) is 0 Å². The number of benzene rings is 1. The van der Waals surface area contributed by atoms with Crippen LogP contribution in [0.4, 0.5) is 0 Å². The van der Waals surface area contributed by atoms with E-state index in [0.29, 0.717) is 0 Å². The molecule has 3 N–H and O–H groups in total. The first kappa shape index (κ1) is 17.9. The fraction of sp³-hybridized carbons (Fsp3) is 0.412. The predicted molar refractivity (Wildman–Crippen MR) is 86.9 cm³/mol. The molecule has 5 nitrogen and oxygen atoms in total. The lowest BCUT2D eigenvalue weighted by atomic mass is 10.1. The van der Waals surface area contributed by atoms with Gasteiger partial charge in [-0.25, -0.2) is 0 Å². The number of carbonyl (C=O) groups excluding carboxylic acids is 2. The van der Waals surface area contributed by atoms with Crippen LogP contribution in [0.25, 0.3) is 6.08 Å². The van der Waals surface area contributed by atoms with E-state index in [4.69, 9.17) is 0 Å². The van der Waals surface area contributed by atoms with Crippen LogP contribution in [0, 0.1) is 5.92 Å². The van der Waals surface area contributed by atoms with Crippen LogP contribution in [-0.4, -0.2) is 35.6 Å². The summed E-state index contributed by atoms with van der Waals surface area (Å²) in [6, 6.07) is 8.77. The molecule has 0 saturated carbocycles. The van der Waals surface area contributed by atoms with Crippen molar-refractivity contribution in [2.45, 2.75) is 32.9 Å². The highest BCUT2D eigenvalue weighted by atomic mass is 16.3. The summed E-state index contributed by atoms with van der Waals surface area (Å²) in [5.41, 5.74) is 0.912. The minimum absolute atomic E-state index is 0.0685. The summed E-state index contributed by atoms with van der Waals surface area (Å²) in [5.74, 6) is -0.587. The summed E-state index contributed by atoms with van der Waals surface area (Å²) in [5, 5.41) is 14.8. The number of hydrogen-bond donors (Lipinski definition) is 3. The van der Waals surface area contributed by atoms with Gasteiger partial charge in [-0.2, -0.15) is 0 Å². The van der Waals surface area contributed by atoms with E-state index in [2.05, 4.69) is 10.6 Å². The standard InChI is InChI=1S/C17H24N2O3/c1-12(2)15(20)11-18-17(22)13(3)19-16(21)10-9-14-7-5-4-6-8-14/h4-10,12-13,15,20H,11H2,1-3H3,(H,18,22)(H,19,21)/b10-9+. The lowest BCUT2D eigenvalue weighted by molar-refractivity contribution is -0.127. The third kappa shape index (κ3) is 6.54. The average Bonchev–Trinajstić information content (AvgIpc) is 2.51. The highest BCUT2D eigenvalue weighted by molar-refractivity contribution is 5.95. The van der Waals surface area contributed by atoms with Gasteiger partial charge >= 0.3 is 0 Å². The molecule has 2 atom stereocenters. The Bertz CT molecular complexity index is 512. The Balaban J connectivity index is 2.40. The summed E-state index contributed by atoms with van der Waals surface area (Å²) in [4.78, 5) is 23.6. The minimum Gasteiger partial charge on any atom is -0.391 e. The molecule has 0 spiro atoms. The zero-order chi connectivity index (χ0) is 16.5. The van der Waals surface area contributed by atoms with Crippen molar-refractivity contribution in [1.82, 2.24) is 10.6 Å². The number of nitrogens with one attached hydrogen (secondary N) is 2. The van der Waals surface area contributed by atoms with Gasteiger partial charge in [0.2, 0.25) is 11.8 Å². The molecule has 1 aromatic rings. The first-order valence-corrected chi connectivity index (χ1v) is 7.39. The van der Waals surface area contributed by atoms with Crippen LogP contribution in [0.5, 0.6) is 0 Å². The molecule has 0 aliphatic rings. The molecule has 0 aliphatic heterocycles. The van der Waals surface area contributed by atoms with Crippen molar-refractivity contribution in [3.8, 4) is 0 Å². The Morgan fingerprint density at radius 2 is 1.82 bits per heavy atom. The zero-order valence-electron chi connectivity index (χ0n) is 13.2. The van der Waals surface area contributed by atoms with Gasteiger partial charge in [-0.15, -0.1) is 0 Å². The lowest BCUT2D eigenvalue weighted by Gasteiger charge is -2.17. The van der Waals surface area contributed by atoms with Crippen molar-refractivity contribution in [1.29, 1.82) is 0 Å². The molecule has 0 aromatic heterocycles. The van der Waals surface area contributed by atoms with E-state index in [0.717, 1.165) is 5.56 Å². The molecule has 0 radical (unpaired) electrons. The quantitative estimate of drug-likeness (QED) is 0.665. The lowest BCUT2D eigenvalue weighted by Crippen LogP contribution is -2.46. The summed E-state index contributed by atoms with van der Waals surface area (Å²) in [6.07, 6.45) is 2.48.